The Bertz CT molecular complexity index is 3390. The molecular weight excluding hydrogens is 959 g/mol. The van der Waals surface area contributed by atoms with Gasteiger partial charge in [0.1, 0.15) is 29.3 Å². The molecule has 0 radical (unpaired) electrons. The number of hydrogen-bond donors (Lipinski definition) is 5. The number of nitrogens with one attached hydrogen (secondary N) is 2. The van der Waals surface area contributed by atoms with Crippen molar-refractivity contribution in [1.82, 2.24) is 30.6 Å². The Morgan fingerprint density at radius 2 is 0.973 bits per heavy atom. The number of fused-ring (bicyclic) bond motifs is 2. The molecule has 0 aliphatic rings. The normalized spacial score (nSPS) is 11.0. The van der Waals surface area contributed by atoms with E-state index in [0.29, 0.717) is 65.8 Å². The zero-order chi connectivity index (χ0) is 52.7. The molecule has 0 spiro atoms. The van der Waals surface area contributed by atoms with Crippen molar-refractivity contribution < 1.29 is 47.9 Å². The Kier molecular flexibility index (Phi) is 17.9. The molecule has 0 bridgehead atoms. The fraction of sp³-hybridized carbons (Fsp3) is 0.186. The van der Waals surface area contributed by atoms with Crippen LogP contribution in [0.2, 0.25) is 0 Å². The molecule has 0 unspecified atom stereocenters. The minimum atomic E-state index is -0.540. The molecule has 5 aromatic carbocycles. The van der Waals surface area contributed by atoms with Gasteiger partial charge in [-0.25, -0.2) is 18.7 Å². The molecule has 0 aliphatic heterocycles. The van der Waals surface area contributed by atoms with Gasteiger partial charge in [0.2, 0.25) is 0 Å². The van der Waals surface area contributed by atoms with E-state index in [-0.39, 0.29) is 66.4 Å². The van der Waals surface area contributed by atoms with Crippen molar-refractivity contribution >= 4 is 33.6 Å². The quantitative estimate of drug-likeness (QED) is 0.0483. The number of methoxy groups -OCH3 is 2. The van der Waals surface area contributed by atoms with Crippen LogP contribution in [-0.4, -0.2) is 87.6 Å². The molecule has 0 saturated heterocycles. The maximum Gasteiger partial charge on any atom is 0.273 e. The highest BCUT2D eigenvalue weighted by atomic mass is 19.1. The molecular formula is C59H54F2N6O8. The second-order valence-electron chi connectivity index (χ2n) is 17.4. The number of aliphatic hydroxyl groups excluding tert-OH is 2. The Hall–Kier alpha value is -8.54. The van der Waals surface area contributed by atoms with Gasteiger partial charge in [-0.1, -0.05) is 103 Å². The third-order valence-corrected chi connectivity index (χ3v) is 12.0. The first kappa shape index (κ1) is 52.8. The zero-order valence-electron chi connectivity index (χ0n) is 41.2. The van der Waals surface area contributed by atoms with Crippen LogP contribution in [0.4, 0.5) is 8.78 Å². The molecule has 4 heterocycles. The summed E-state index contributed by atoms with van der Waals surface area (Å²) in [5, 5.41) is 36.6. The molecule has 9 aromatic rings. The molecule has 0 saturated carbocycles. The maximum absolute atomic E-state index is 13.5. The fourth-order valence-corrected chi connectivity index (χ4v) is 8.14. The smallest absolute Gasteiger partial charge is 0.273 e. The summed E-state index contributed by atoms with van der Waals surface area (Å²) < 4.78 is 43.1. The van der Waals surface area contributed by atoms with Crippen molar-refractivity contribution in [3.05, 3.63) is 214 Å². The van der Waals surface area contributed by atoms with Gasteiger partial charge in [0, 0.05) is 61.6 Å². The van der Waals surface area contributed by atoms with Crippen molar-refractivity contribution in [2.45, 2.75) is 32.7 Å². The van der Waals surface area contributed by atoms with E-state index in [0.717, 1.165) is 44.5 Å². The second kappa shape index (κ2) is 25.4. The summed E-state index contributed by atoms with van der Waals surface area (Å²) in [6.07, 6.45) is 4.40. The monoisotopic (exact) mass is 1010 g/mol. The van der Waals surface area contributed by atoms with E-state index >= 15 is 0 Å². The van der Waals surface area contributed by atoms with Crippen molar-refractivity contribution in [3.63, 3.8) is 0 Å². The zero-order valence-corrected chi connectivity index (χ0v) is 41.2. The van der Waals surface area contributed by atoms with Crippen molar-refractivity contribution in [2.24, 2.45) is 0 Å². The minimum absolute atomic E-state index is 0.0861. The average molecular weight is 1010 g/mol. The first-order valence-corrected chi connectivity index (χ1v) is 24.0. The van der Waals surface area contributed by atoms with Crippen LogP contribution < -0.4 is 15.4 Å². The number of aliphatic hydroxyl groups is 2. The predicted molar refractivity (Wildman–Crippen MR) is 281 cm³/mol. The molecule has 382 valence electrons. The largest absolute Gasteiger partial charge is 0.504 e. The first-order valence-electron chi connectivity index (χ1n) is 24.0. The highest BCUT2D eigenvalue weighted by molar-refractivity contribution is 6.06. The van der Waals surface area contributed by atoms with Crippen LogP contribution in [-0.2, 0) is 42.1 Å². The number of rotatable bonds is 19. The number of halogens is 2. The number of nitrogens with zero attached hydrogens (tertiary/aromatic N) is 4. The SMILES string of the molecule is COCCNC(=O)c1nc(-c2ccc(CO)cc2)c2cc(Cc3ccc(F)cc3)cnc2c1O.COCCNC(=O)c1nc(-c2ccc(CO)cc2)c2cc(Cc3ccc(F)cc3)cnc2c1OCc1ccccc1. The Morgan fingerprint density at radius 3 is 1.45 bits per heavy atom. The third kappa shape index (κ3) is 13.4. The summed E-state index contributed by atoms with van der Waals surface area (Å²) in [5.41, 5.74) is 9.21. The standard InChI is InChI=1S/C33H30FN3O4.C26H24FN3O4/c1-40-16-15-35-33(39)31-32(41-21-24-5-3-2-4-6-24)30-28(29(37-31)26-11-7-23(20-38)8-12-26)18-25(19-36-30)17-22-9-13-27(34)14-10-22;1-34-11-10-28-26(33)24-25(32)23-21(22(30-24)19-6-2-17(15-31)3-7-19)13-18(14-29-23)12-16-4-8-20(27)9-5-16/h2-14,18-19,38H,15-17,20-21H2,1H3,(H,35,39);2-9,13-14,31-32H,10-12,15H2,1H3,(H,28,33). The molecule has 0 atom stereocenters. The lowest BCUT2D eigenvalue weighted by molar-refractivity contribution is 0.0921. The van der Waals surface area contributed by atoms with Crippen LogP contribution >= 0.6 is 0 Å². The summed E-state index contributed by atoms with van der Waals surface area (Å²) in [7, 11) is 3.09. The minimum Gasteiger partial charge on any atom is -0.504 e. The molecule has 0 aliphatic carbocycles. The van der Waals surface area contributed by atoms with Crippen LogP contribution in [0, 0.1) is 11.6 Å². The van der Waals surface area contributed by atoms with Gasteiger partial charge in [-0.3, -0.25) is 19.6 Å². The number of benzene rings is 5. The molecule has 5 N–H and O–H groups in total. The maximum atomic E-state index is 13.5. The number of aromatic hydroxyl groups is 1. The fourth-order valence-electron chi connectivity index (χ4n) is 8.14. The number of carbonyl (C=O) groups is 2. The topological polar surface area (TPSA) is 198 Å². The van der Waals surface area contributed by atoms with Gasteiger partial charge < -0.3 is 40.2 Å². The van der Waals surface area contributed by atoms with Crippen molar-refractivity contribution in [3.8, 4) is 34.0 Å². The van der Waals surface area contributed by atoms with Gasteiger partial charge in [-0.05, 0) is 88.2 Å². The van der Waals surface area contributed by atoms with Gasteiger partial charge >= 0.3 is 0 Å². The van der Waals surface area contributed by atoms with Crippen molar-refractivity contribution in [1.29, 1.82) is 0 Å². The van der Waals surface area contributed by atoms with E-state index in [1.807, 2.05) is 66.7 Å². The summed E-state index contributed by atoms with van der Waals surface area (Å²) in [6.45, 7) is 1.27. The highest BCUT2D eigenvalue weighted by Gasteiger charge is 2.25. The van der Waals surface area contributed by atoms with Gasteiger partial charge in [0.25, 0.3) is 11.8 Å². The summed E-state index contributed by atoms with van der Waals surface area (Å²) in [6, 6.07) is 40.6. The van der Waals surface area contributed by atoms with Crippen LogP contribution in [0.25, 0.3) is 44.3 Å². The summed E-state index contributed by atoms with van der Waals surface area (Å²) >= 11 is 0. The number of aromatic nitrogens is 4. The molecule has 0 fully saturated rings. The number of pyridine rings is 4. The molecule has 14 nitrogen and oxygen atoms in total. The lowest BCUT2D eigenvalue weighted by Gasteiger charge is -2.17. The number of ether oxygens (including phenoxy) is 3. The van der Waals surface area contributed by atoms with Crippen molar-refractivity contribution in [2.75, 3.05) is 40.5 Å². The second-order valence-corrected chi connectivity index (χ2v) is 17.4. The van der Waals surface area contributed by atoms with Gasteiger partial charge in [-0.15, -0.1) is 0 Å². The van der Waals surface area contributed by atoms with Gasteiger partial charge in [-0.2, -0.15) is 0 Å². The molecule has 9 rings (SSSR count). The first-order chi connectivity index (χ1) is 36.5. The Labute approximate surface area is 431 Å². The van der Waals surface area contributed by atoms with Crippen LogP contribution in [0.5, 0.6) is 11.5 Å². The van der Waals surface area contributed by atoms with Crippen LogP contribution in [0.1, 0.15) is 59.9 Å². The van der Waals surface area contributed by atoms with E-state index in [9.17, 15) is 33.7 Å². The summed E-state index contributed by atoms with van der Waals surface area (Å²) in [5.74, 6) is -1.57. The summed E-state index contributed by atoms with van der Waals surface area (Å²) in [4.78, 5) is 44.7. The molecule has 16 heteroatoms. The highest BCUT2D eigenvalue weighted by Crippen LogP contribution is 2.37. The van der Waals surface area contributed by atoms with E-state index in [1.165, 1.54) is 31.4 Å². The lowest BCUT2D eigenvalue weighted by atomic mass is 10.00. The third-order valence-electron chi connectivity index (χ3n) is 12.0. The molecule has 75 heavy (non-hydrogen) atoms. The molecule has 2 amide bonds. The number of carbonyl (C=O) groups excluding carboxylic acids is 2. The molecule has 4 aromatic heterocycles. The number of amides is 2. The van der Waals surface area contributed by atoms with E-state index in [4.69, 9.17) is 24.2 Å². The average Bonchev–Trinajstić information content (AvgIpc) is 3.44. The van der Waals surface area contributed by atoms with E-state index in [1.54, 1.807) is 68.0 Å². The van der Waals surface area contributed by atoms with Crippen LogP contribution in [0.3, 0.4) is 0 Å². The van der Waals surface area contributed by atoms with Crippen LogP contribution in [0.15, 0.2) is 152 Å². The number of hydrogen-bond acceptors (Lipinski definition) is 12. The Morgan fingerprint density at radius 1 is 0.533 bits per heavy atom. The Balaban J connectivity index is 0.000000203. The lowest BCUT2D eigenvalue weighted by Crippen LogP contribution is -2.28. The van der Waals surface area contributed by atoms with E-state index < -0.39 is 11.8 Å². The van der Waals surface area contributed by atoms with Gasteiger partial charge in [0.15, 0.2) is 22.9 Å². The van der Waals surface area contributed by atoms with E-state index in [2.05, 4.69) is 20.6 Å². The predicted octanol–water partition coefficient (Wildman–Crippen LogP) is 9.08. The van der Waals surface area contributed by atoms with Gasteiger partial charge in [0.05, 0.1) is 37.8 Å².